The number of aromatic nitrogens is 2. The van der Waals surface area contributed by atoms with Gasteiger partial charge in [-0.05, 0) is 57.5 Å². The van der Waals surface area contributed by atoms with E-state index >= 15 is 0 Å². The van der Waals surface area contributed by atoms with Gasteiger partial charge in [-0.2, -0.15) is 19.4 Å². The minimum absolute atomic E-state index is 0.0726. The Labute approximate surface area is 196 Å². The highest BCUT2D eigenvalue weighted by molar-refractivity contribution is 8.24. The summed E-state index contributed by atoms with van der Waals surface area (Å²) in [4.78, 5) is 26.3. The van der Waals surface area contributed by atoms with Crippen LogP contribution in [0.2, 0.25) is 0 Å². The standard InChI is InChI=1S/C23H27F2N3O5S/c1-14(2)27-19-11-15(20(29)26-23(3)9-10-34(31,32)13-23)7-8-18(19)28(22(27)30)16-5-4-6-17(12-16)33-21(24)25/h4-8,11-12,14,21,31-32H,9-10,13H2,1-3H3,(H,26,29). The molecule has 34 heavy (non-hydrogen) atoms. The molecule has 1 aliphatic heterocycles. The number of carbonyl (C=O) groups excluding carboxylic acids is 1. The molecule has 0 spiro atoms. The van der Waals surface area contributed by atoms with Crippen LogP contribution in [-0.2, 0) is 0 Å². The van der Waals surface area contributed by atoms with Crippen molar-refractivity contribution >= 4 is 27.5 Å². The average Bonchev–Trinajstić information content (AvgIpc) is 3.18. The first-order valence-corrected chi connectivity index (χ1v) is 12.7. The van der Waals surface area contributed by atoms with Crippen molar-refractivity contribution in [3.05, 3.63) is 58.5 Å². The Morgan fingerprint density at radius 1 is 1.18 bits per heavy atom. The van der Waals surface area contributed by atoms with Gasteiger partial charge in [0.25, 0.3) is 5.91 Å². The number of hydrogen-bond acceptors (Lipinski definition) is 5. The van der Waals surface area contributed by atoms with E-state index < -0.39 is 22.7 Å². The van der Waals surface area contributed by atoms with Crippen LogP contribution in [0.3, 0.4) is 0 Å². The molecule has 184 valence electrons. The zero-order valence-corrected chi connectivity index (χ0v) is 19.8. The minimum atomic E-state index is -2.99. The molecule has 0 radical (unpaired) electrons. The third-order valence-corrected chi connectivity index (χ3v) is 7.86. The molecule has 3 aromatic rings. The van der Waals surface area contributed by atoms with E-state index in [2.05, 4.69) is 10.1 Å². The molecule has 1 unspecified atom stereocenters. The second kappa shape index (κ2) is 8.71. The third-order valence-electron chi connectivity index (χ3n) is 5.90. The lowest BCUT2D eigenvalue weighted by atomic mass is 10.0. The van der Waals surface area contributed by atoms with E-state index in [1.165, 1.54) is 27.3 Å². The fourth-order valence-electron chi connectivity index (χ4n) is 4.40. The molecule has 2 aromatic carbocycles. The number of alkyl halides is 2. The summed E-state index contributed by atoms with van der Waals surface area (Å²) in [6, 6.07) is 10.5. The van der Waals surface area contributed by atoms with Gasteiger partial charge in [-0.3, -0.25) is 23.0 Å². The highest BCUT2D eigenvalue weighted by Gasteiger charge is 2.39. The molecule has 2 heterocycles. The molecule has 1 atom stereocenters. The number of ether oxygens (including phenoxy) is 1. The van der Waals surface area contributed by atoms with Crippen molar-refractivity contribution in [2.24, 2.45) is 0 Å². The van der Waals surface area contributed by atoms with Crippen molar-refractivity contribution in [3.8, 4) is 11.4 Å². The molecule has 1 fully saturated rings. The largest absolute Gasteiger partial charge is 0.435 e. The van der Waals surface area contributed by atoms with Gasteiger partial charge in [-0.15, -0.1) is 0 Å². The minimum Gasteiger partial charge on any atom is -0.435 e. The number of amides is 1. The monoisotopic (exact) mass is 495 g/mol. The van der Waals surface area contributed by atoms with Crippen LogP contribution in [0.5, 0.6) is 5.75 Å². The van der Waals surface area contributed by atoms with Gasteiger partial charge in [0.2, 0.25) is 0 Å². The molecule has 0 bridgehead atoms. The topological polar surface area (TPSA) is 106 Å². The molecule has 1 amide bonds. The Bertz CT molecular complexity index is 1300. The van der Waals surface area contributed by atoms with Crippen molar-refractivity contribution in [3.63, 3.8) is 0 Å². The van der Waals surface area contributed by atoms with Crippen molar-refractivity contribution < 1.29 is 27.4 Å². The molecule has 1 saturated heterocycles. The van der Waals surface area contributed by atoms with E-state index in [0.29, 0.717) is 28.7 Å². The first kappa shape index (κ1) is 24.2. The normalized spacial score (nSPS) is 20.7. The number of carbonyl (C=O) groups is 1. The maximum atomic E-state index is 13.3. The Hall–Kier alpha value is -2.89. The van der Waals surface area contributed by atoms with E-state index in [4.69, 9.17) is 0 Å². The van der Waals surface area contributed by atoms with Crippen LogP contribution in [-0.4, -0.2) is 47.8 Å². The first-order valence-electron chi connectivity index (χ1n) is 10.8. The molecule has 8 nitrogen and oxygen atoms in total. The Kier molecular flexibility index (Phi) is 6.21. The van der Waals surface area contributed by atoms with Crippen molar-refractivity contribution in [1.82, 2.24) is 14.5 Å². The maximum absolute atomic E-state index is 13.3. The molecule has 0 saturated carbocycles. The smallest absolute Gasteiger partial charge is 0.387 e. The lowest BCUT2D eigenvalue weighted by Crippen LogP contribution is -2.46. The van der Waals surface area contributed by atoms with Gasteiger partial charge in [-0.1, -0.05) is 6.07 Å². The lowest BCUT2D eigenvalue weighted by molar-refractivity contribution is -0.0498. The Balaban J connectivity index is 1.76. The number of fused-ring (bicyclic) bond motifs is 1. The summed E-state index contributed by atoms with van der Waals surface area (Å²) in [5.41, 5.74) is 0.569. The summed E-state index contributed by atoms with van der Waals surface area (Å²) in [6.07, 6.45) is 0.452. The number of nitrogens with zero attached hydrogens (tertiary/aromatic N) is 2. The number of hydrogen-bond donors (Lipinski definition) is 3. The summed E-state index contributed by atoms with van der Waals surface area (Å²) in [5.74, 6) is -0.119. The average molecular weight is 496 g/mol. The highest BCUT2D eigenvalue weighted by Crippen LogP contribution is 2.49. The summed E-state index contributed by atoms with van der Waals surface area (Å²) < 4.78 is 52.7. The van der Waals surface area contributed by atoms with Gasteiger partial charge in [0.15, 0.2) is 0 Å². The molecule has 1 aliphatic rings. The molecule has 1 aromatic heterocycles. The van der Waals surface area contributed by atoms with Crippen molar-refractivity contribution in [2.45, 2.75) is 45.4 Å². The summed E-state index contributed by atoms with van der Waals surface area (Å²) in [7, 11) is -2.70. The highest BCUT2D eigenvalue weighted by atomic mass is 32.3. The number of halogens is 2. The van der Waals surface area contributed by atoms with Crippen LogP contribution in [0, 0.1) is 0 Å². The Morgan fingerprint density at radius 2 is 1.91 bits per heavy atom. The van der Waals surface area contributed by atoms with Crippen molar-refractivity contribution in [1.29, 1.82) is 0 Å². The van der Waals surface area contributed by atoms with Crippen LogP contribution in [0.25, 0.3) is 16.7 Å². The quantitative estimate of drug-likeness (QED) is 0.463. The van der Waals surface area contributed by atoms with E-state index in [1.54, 1.807) is 31.2 Å². The zero-order valence-electron chi connectivity index (χ0n) is 19.0. The molecular formula is C23H27F2N3O5S. The van der Waals surface area contributed by atoms with Crippen LogP contribution < -0.4 is 15.7 Å². The lowest BCUT2D eigenvalue weighted by Gasteiger charge is -2.30. The molecular weight excluding hydrogens is 468 g/mol. The van der Waals surface area contributed by atoms with E-state index in [-0.39, 0.29) is 34.9 Å². The number of imidazole rings is 1. The number of nitrogens with one attached hydrogen (secondary N) is 1. The van der Waals surface area contributed by atoms with Gasteiger partial charge in [0.1, 0.15) is 5.75 Å². The van der Waals surface area contributed by atoms with Crippen LogP contribution in [0.15, 0.2) is 47.3 Å². The summed E-state index contributed by atoms with van der Waals surface area (Å²) >= 11 is 0. The molecule has 0 aliphatic carbocycles. The van der Waals surface area contributed by atoms with Gasteiger partial charge >= 0.3 is 12.3 Å². The fraction of sp³-hybridized carbons (Fsp3) is 0.391. The van der Waals surface area contributed by atoms with E-state index in [1.807, 2.05) is 13.8 Å². The van der Waals surface area contributed by atoms with Crippen molar-refractivity contribution in [2.75, 3.05) is 11.5 Å². The van der Waals surface area contributed by atoms with Crippen LogP contribution in [0.1, 0.15) is 43.6 Å². The van der Waals surface area contributed by atoms with Gasteiger partial charge in [0.05, 0.1) is 28.0 Å². The van der Waals surface area contributed by atoms with Gasteiger partial charge < -0.3 is 10.1 Å². The SMILES string of the molecule is CC(C)n1c(=O)n(-c2cccc(OC(F)F)c2)c2ccc(C(=O)NC3(C)CCS(O)(O)C3)cc21. The fourth-order valence-corrected chi connectivity index (χ4v) is 6.55. The van der Waals surface area contributed by atoms with E-state index in [9.17, 15) is 27.5 Å². The Morgan fingerprint density at radius 3 is 2.53 bits per heavy atom. The van der Waals surface area contributed by atoms with Crippen LogP contribution in [0.4, 0.5) is 8.78 Å². The predicted octanol–water partition coefficient (Wildman–Crippen LogP) is 4.62. The number of benzene rings is 2. The maximum Gasteiger partial charge on any atom is 0.387 e. The van der Waals surface area contributed by atoms with Gasteiger partial charge in [0, 0.05) is 23.4 Å². The van der Waals surface area contributed by atoms with E-state index in [0.717, 1.165) is 0 Å². The third kappa shape index (κ3) is 4.68. The zero-order chi connectivity index (χ0) is 24.8. The van der Waals surface area contributed by atoms with Crippen LogP contribution >= 0.6 is 10.6 Å². The molecule has 11 heteroatoms. The summed E-state index contributed by atoms with van der Waals surface area (Å²) in [5, 5.41) is 2.90. The first-order chi connectivity index (χ1) is 15.9. The molecule has 3 N–H and O–H groups in total. The van der Waals surface area contributed by atoms with Gasteiger partial charge in [-0.25, -0.2) is 4.79 Å². The second-order valence-corrected chi connectivity index (χ2v) is 11.4. The number of rotatable bonds is 6. The summed E-state index contributed by atoms with van der Waals surface area (Å²) in [6.45, 7) is 2.45. The molecule has 4 rings (SSSR count). The predicted molar refractivity (Wildman–Crippen MR) is 128 cm³/mol. The second-order valence-electron chi connectivity index (χ2n) is 9.08.